The molecule has 4 N–H and O–H groups in total. The first kappa shape index (κ1) is 27.2. The normalized spacial score (nSPS) is 10.8. The standard InChI is InChI=1S/C21H27FN2O3.CH4O3S/c1-15(2)27-20-9-5-4-8-19(20)26-13-7-3-6-12-25-16-10-11-17(21(23)24)18(22)14-16;1-5(2,3)4/h4-5,8-11,14-15H,3,6-7,12-13H2,1-2H3,(H3,23,24);1H3,(H,2,3,4). The Balaban J connectivity index is 0.000000920. The molecule has 0 aliphatic carbocycles. The second-order valence-corrected chi connectivity index (χ2v) is 8.63. The van der Waals surface area contributed by atoms with Gasteiger partial charge in [0.2, 0.25) is 0 Å². The summed E-state index contributed by atoms with van der Waals surface area (Å²) in [5, 5.41) is 7.26. The number of hydrogen-bond donors (Lipinski definition) is 3. The lowest BCUT2D eigenvalue weighted by atomic mass is 10.2. The van der Waals surface area contributed by atoms with E-state index in [9.17, 15) is 12.8 Å². The van der Waals surface area contributed by atoms with E-state index in [4.69, 9.17) is 29.9 Å². The largest absolute Gasteiger partial charge is 0.493 e. The van der Waals surface area contributed by atoms with Gasteiger partial charge in [0.05, 0.1) is 31.1 Å². The number of unbranched alkanes of at least 4 members (excludes halogenated alkanes) is 2. The van der Waals surface area contributed by atoms with Crippen LogP contribution in [0.3, 0.4) is 0 Å². The van der Waals surface area contributed by atoms with Gasteiger partial charge < -0.3 is 19.9 Å². The zero-order valence-corrected chi connectivity index (χ0v) is 19.3. The molecule has 32 heavy (non-hydrogen) atoms. The molecule has 0 fully saturated rings. The maximum absolute atomic E-state index is 13.7. The van der Waals surface area contributed by atoms with E-state index in [1.54, 1.807) is 6.07 Å². The van der Waals surface area contributed by atoms with E-state index >= 15 is 0 Å². The smallest absolute Gasteiger partial charge is 0.261 e. The molecule has 178 valence electrons. The minimum Gasteiger partial charge on any atom is -0.493 e. The van der Waals surface area contributed by atoms with E-state index in [0.717, 1.165) is 30.8 Å². The molecule has 0 heterocycles. The first-order valence-corrected chi connectivity index (χ1v) is 11.9. The number of hydrogen-bond acceptors (Lipinski definition) is 6. The van der Waals surface area contributed by atoms with Gasteiger partial charge in [0.1, 0.15) is 17.4 Å². The van der Waals surface area contributed by atoms with Gasteiger partial charge in [-0.25, -0.2) is 4.39 Å². The molecule has 0 saturated carbocycles. The van der Waals surface area contributed by atoms with Gasteiger partial charge in [-0.15, -0.1) is 0 Å². The predicted octanol–water partition coefficient (Wildman–Crippen LogP) is 4.03. The summed E-state index contributed by atoms with van der Waals surface area (Å²) in [4.78, 5) is 0. The molecule has 2 rings (SSSR count). The number of halogens is 1. The Bertz CT molecular complexity index is 959. The first-order valence-electron chi connectivity index (χ1n) is 10.0. The van der Waals surface area contributed by atoms with E-state index in [0.29, 0.717) is 25.2 Å². The molecule has 10 heteroatoms. The van der Waals surface area contributed by atoms with Gasteiger partial charge in [-0.1, -0.05) is 12.1 Å². The van der Waals surface area contributed by atoms with Crippen molar-refractivity contribution in [2.75, 3.05) is 19.5 Å². The predicted molar refractivity (Wildman–Crippen MR) is 122 cm³/mol. The van der Waals surface area contributed by atoms with Crippen LogP contribution in [0.4, 0.5) is 4.39 Å². The molecule has 2 aromatic rings. The molecule has 0 aromatic heterocycles. The van der Waals surface area contributed by atoms with E-state index in [2.05, 4.69) is 0 Å². The second kappa shape index (κ2) is 13.5. The third-order valence-electron chi connectivity index (χ3n) is 3.76. The van der Waals surface area contributed by atoms with Gasteiger partial charge in [0.15, 0.2) is 11.5 Å². The molecule has 0 unspecified atom stereocenters. The quantitative estimate of drug-likeness (QED) is 0.195. The summed E-state index contributed by atoms with van der Waals surface area (Å²) in [7, 11) is -3.67. The Morgan fingerprint density at radius 2 is 1.62 bits per heavy atom. The lowest BCUT2D eigenvalue weighted by Gasteiger charge is -2.14. The number of amidine groups is 1. The highest BCUT2D eigenvalue weighted by Gasteiger charge is 2.07. The highest BCUT2D eigenvalue weighted by atomic mass is 32.2. The fourth-order valence-electron chi connectivity index (χ4n) is 2.48. The highest BCUT2D eigenvalue weighted by Crippen LogP contribution is 2.27. The van der Waals surface area contributed by atoms with Crippen molar-refractivity contribution in [1.29, 1.82) is 5.41 Å². The number of nitrogen functional groups attached to an aromatic ring is 1. The summed E-state index contributed by atoms with van der Waals surface area (Å²) in [5.41, 5.74) is 5.37. The third kappa shape index (κ3) is 12.1. The van der Waals surface area contributed by atoms with Crippen LogP contribution < -0.4 is 19.9 Å². The van der Waals surface area contributed by atoms with Gasteiger partial charge >= 0.3 is 0 Å². The molecule has 0 spiro atoms. The highest BCUT2D eigenvalue weighted by molar-refractivity contribution is 7.85. The molecule has 0 atom stereocenters. The van der Waals surface area contributed by atoms with Crippen LogP contribution in [-0.4, -0.2) is 44.4 Å². The lowest BCUT2D eigenvalue weighted by Crippen LogP contribution is -2.13. The Kier molecular flexibility index (Phi) is 11.5. The maximum Gasteiger partial charge on any atom is 0.261 e. The van der Waals surface area contributed by atoms with Crippen molar-refractivity contribution in [3.63, 3.8) is 0 Å². The molecule has 0 saturated heterocycles. The molecule has 0 aliphatic heterocycles. The average Bonchev–Trinajstić information content (AvgIpc) is 2.66. The van der Waals surface area contributed by atoms with Crippen molar-refractivity contribution < 1.29 is 31.6 Å². The third-order valence-corrected chi connectivity index (χ3v) is 3.76. The molecule has 0 bridgehead atoms. The van der Waals surface area contributed by atoms with Crippen molar-refractivity contribution in [1.82, 2.24) is 0 Å². The van der Waals surface area contributed by atoms with E-state index in [1.165, 1.54) is 12.1 Å². The van der Waals surface area contributed by atoms with Crippen molar-refractivity contribution >= 4 is 16.0 Å². The van der Waals surface area contributed by atoms with Crippen LogP contribution in [-0.2, 0) is 10.1 Å². The van der Waals surface area contributed by atoms with Crippen molar-refractivity contribution in [3.8, 4) is 17.2 Å². The Morgan fingerprint density at radius 1 is 1.06 bits per heavy atom. The Morgan fingerprint density at radius 3 is 2.16 bits per heavy atom. The van der Waals surface area contributed by atoms with Gasteiger partial charge in [0.25, 0.3) is 10.1 Å². The molecular weight excluding hydrogens is 439 g/mol. The van der Waals surface area contributed by atoms with Crippen LogP contribution in [0.5, 0.6) is 17.2 Å². The number of benzene rings is 2. The summed E-state index contributed by atoms with van der Waals surface area (Å²) in [6.45, 7) is 5.05. The summed E-state index contributed by atoms with van der Waals surface area (Å²) < 4.78 is 56.7. The van der Waals surface area contributed by atoms with E-state index in [-0.39, 0.29) is 17.5 Å². The maximum atomic E-state index is 13.7. The van der Waals surface area contributed by atoms with Gasteiger partial charge in [-0.05, 0) is 57.4 Å². The Hall–Kier alpha value is -2.85. The molecule has 0 aliphatic rings. The number of para-hydroxylation sites is 2. The summed E-state index contributed by atoms with van der Waals surface area (Å²) in [6.07, 6.45) is 3.47. The summed E-state index contributed by atoms with van der Waals surface area (Å²) in [6, 6.07) is 12.0. The minimum absolute atomic E-state index is 0.0845. The van der Waals surface area contributed by atoms with E-state index in [1.807, 2.05) is 38.1 Å². The van der Waals surface area contributed by atoms with Crippen molar-refractivity contribution in [2.24, 2.45) is 5.73 Å². The van der Waals surface area contributed by atoms with Crippen molar-refractivity contribution in [2.45, 2.75) is 39.2 Å². The number of nitrogens with one attached hydrogen (secondary N) is 1. The van der Waals surface area contributed by atoms with Gasteiger partial charge in [-0.2, -0.15) is 8.42 Å². The fourth-order valence-corrected chi connectivity index (χ4v) is 2.48. The summed E-state index contributed by atoms with van der Waals surface area (Å²) >= 11 is 0. The van der Waals surface area contributed by atoms with Crippen LogP contribution in [0, 0.1) is 11.2 Å². The Labute approximate surface area is 188 Å². The van der Waals surface area contributed by atoms with Crippen LogP contribution in [0.1, 0.15) is 38.7 Å². The van der Waals surface area contributed by atoms with Crippen molar-refractivity contribution in [3.05, 3.63) is 53.8 Å². The molecular formula is C22H31FN2O6S. The molecule has 8 nitrogen and oxygen atoms in total. The van der Waals surface area contributed by atoms with Crippen LogP contribution >= 0.6 is 0 Å². The van der Waals surface area contributed by atoms with Crippen LogP contribution in [0.2, 0.25) is 0 Å². The zero-order valence-electron chi connectivity index (χ0n) is 18.5. The minimum atomic E-state index is -3.67. The molecule has 2 aromatic carbocycles. The van der Waals surface area contributed by atoms with Crippen LogP contribution in [0.15, 0.2) is 42.5 Å². The first-order chi connectivity index (χ1) is 15.0. The number of nitrogens with two attached hydrogens (primary N) is 1. The van der Waals surface area contributed by atoms with Gasteiger partial charge in [0, 0.05) is 6.07 Å². The topological polar surface area (TPSA) is 132 Å². The van der Waals surface area contributed by atoms with Crippen LogP contribution in [0.25, 0.3) is 0 Å². The monoisotopic (exact) mass is 470 g/mol. The zero-order chi connectivity index (χ0) is 24.1. The van der Waals surface area contributed by atoms with E-state index < -0.39 is 15.9 Å². The summed E-state index contributed by atoms with van der Waals surface area (Å²) in [5.74, 6) is 1.11. The van der Waals surface area contributed by atoms with Gasteiger partial charge in [-0.3, -0.25) is 9.96 Å². The fraction of sp³-hybridized carbons (Fsp3) is 0.409. The molecule has 0 radical (unpaired) electrons. The average molecular weight is 471 g/mol. The number of ether oxygens (including phenoxy) is 3. The number of rotatable bonds is 11. The molecule has 0 amide bonds. The second-order valence-electron chi connectivity index (χ2n) is 7.16. The lowest BCUT2D eigenvalue weighted by molar-refractivity contribution is 0.218. The SMILES string of the molecule is CC(C)Oc1ccccc1OCCCCCOc1ccc(C(=N)N)c(F)c1.CS(=O)(=O)O.